The van der Waals surface area contributed by atoms with Crippen LogP contribution in [0.15, 0.2) is 47.4 Å². The number of nitrogens with zero attached hydrogens (tertiary/aromatic N) is 2. The van der Waals surface area contributed by atoms with Gasteiger partial charge in [0.1, 0.15) is 30.2 Å². The summed E-state index contributed by atoms with van der Waals surface area (Å²) in [4.78, 5) is 8.70. The van der Waals surface area contributed by atoms with Crippen LogP contribution in [0.3, 0.4) is 0 Å². The minimum absolute atomic E-state index is 0.0239. The first kappa shape index (κ1) is 24.2. The van der Waals surface area contributed by atoms with E-state index in [0.29, 0.717) is 17.0 Å². The van der Waals surface area contributed by atoms with Crippen molar-refractivity contribution in [3.05, 3.63) is 53.7 Å². The summed E-state index contributed by atoms with van der Waals surface area (Å²) in [5.74, 6) is 5.83. The highest BCUT2D eigenvalue weighted by Gasteiger charge is 2.27. The normalized spacial score (nSPS) is 11.7. The zero-order valence-electron chi connectivity index (χ0n) is 17.4. The van der Waals surface area contributed by atoms with Gasteiger partial charge in [0, 0.05) is 19.7 Å². The fourth-order valence-corrected chi connectivity index (χ4v) is 3.30. The molecule has 3 aromatic rings. The molecule has 3 rings (SSSR count). The molecular formula is C21H20F3N5O3S. The Hall–Kier alpha value is -3.40. The fourth-order valence-electron chi connectivity index (χ4n) is 2.79. The number of nitrogens with one attached hydrogen (secondary N) is 2. The lowest BCUT2D eigenvalue weighted by molar-refractivity contribution is -0.115. The molecule has 12 heteroatoms. The van der Waals surface area contributed by atoms with E-state index in [4.69, 9.17) is 9.88 Å². The fraction of sp³-hybridized carbons (Fsp3) is 0.238. The zero-order chi connectivity index (χ0) is 24.1. The molecule has 0 unspecified atom stereocenters. The molecule has 2 heterocycles. The number of aromatic nitrogens is 2. The van der Waals surface area contributed by atoms with E-state index in [0.717, 1.165) is 5.56 Å². The van der Waals surface area contributed by atoms with Crippen molar-refractivity contribution in [1.29, 1.82) is 0 Å². The molecule has 0 aliphatic heterocycles. The molecule has 0 saturated carbocycles. The lowest BCUT2D eigenvalue weighted by Gasteiger charge is -2.14. The lowest BCUT2D eigenvalue weighted by atomic mass is 10.2. The van der Waals surface area contributed by atoms with Gasteiger partial charge in [-0.1, -0.05) is 18.1 Å². The Kier molecular flexibility index (Phi) is 7.37. The van der Waals surface area contributed by atoms with Crippen LogP contribution in [0.4, 0.5) is 24.7 Å². The van der Waals surface area contributed by atoms with Crippen LogP contribution in [0.25, 0.3) is 11.0 Å². The molecule has 0 fully saturated rings. The van der Waals surface area contributed by atoms with Crippen molar-refractivity contribution in [3.63, 3.8) is 0 Å². The van der Waals surface area contributed by atoms with Crippen molar-refractivity contribution in [1.82, 2.24) is 9.97 Å². The van der Waals surface area contributed by atoms with E-state index in [1.54, 1.807) is 24.3 Å². The third-order valence-corrected chi connectivity index (χ3v) is 5.22. The number of ether oxygens (including phenoxy) is 1. The van der Waals surface area contributed by atoms with Gasteiger partial charge in [-0.05, 0) is 35.7 Å². The molecule has 0 aliphatic rings. The Bertz CT molecular complexity index is 1300. The van der Waals surface area contributed by atoms with Crippen molar-refractivity contribution in [2.75, 3.05) is 30.9 Å². The van der Waals surface area contributed by atoms with E-state index in [9.17, 15) is 21.6 Å². The van der Waals surface area contributed by atoms with Gasteiger partial charge in [0.25, 0.3) is 0 Å². The van der Waals surface area contributed by atoms with E-state index in [1.807, 2.05) is 0 Å². The molecule has 0 saturated heterocycles. The average molecular weight is 479 g/mol. The maximum Gasteiger partial charge on any atom is 0.405 e. The Balaban J connectivity index is 1.88. The number of sulfonamides is 1. The quantitative estimate of drug-likeness (QED) is 0.446. The molecule has 0 bridgehead atoms. The van der Waals surface area contributed by atoms with Gasteiger partial charge >= 0.3 is 6.18 Å². The number of halogens is 3. The molecular weight excluding hydrogens is 459 g/mol. The van der Waals surface area contributed by atoms with E-state index < -0.39 is 22.7 Å². The Morgan fingerprint density at radius 2 is 1.82 bits per heavy atom. The number of alkyl halides is 3. The van der Waals surface area contributed by atoms with Crippen molar-refractivity contribution in [2.45, 2.75) is 17.6 Å². The van der Waals surface area contributed by atoms with Gasteiger partial charge in [-0.2, -0.15) is 13.2 Å². The Morgan fingerprint density at radius 3 is 2.45 bits per heavy atom. The Labute approximate surface area is 188 Å². The number of fused-ring (bicyclic) bond motifs is 1. The lowest BCUT2D eigenvalue weighted by Crippen LogP contribution is -2.21. The molecule has 8 nitrogen and oxygen atoms in total. The molecule has 0 aliphatic carbocycles. The molecule has 174 valence electrons. The molecule has 0 spiro atoms. The van der Waals surface area contributed by atoms with E-state index >= 15 is 0 Å². The van der Waals surface area contributed by atoms with Gasteiger partial charge in [-0.15, -0.1) is 0 Å². The van der Waals surface area contributed by atoms with Gasteiger partial charge in [-0.3, -0.25) is 0 Å². The summed E-state index contributed by atoms with van der Waals surface area (Å²) in [6.45, 7) is -0.809. The molecule has 0 amide bonds. The van der Waals surface area contributed by atoms with Crippen LogP contribution in [-0.4, -0.2) is 44.8 Å². The number of hydrogen-bond acceptors (Lipinski definition) is 7. The highest BCUT2D eigenvalue weighted by atomic mass is 32.2. The number of nitrogens with two attached hydrogens (primary N) is 1. The number of anilines is 2. The van der Waals surface area contributed by atoms with Gasteiger partial charge < -0.3 is 15.4 Å². The predicted molar refractivity (Wildman–Crippen MR) is 118 cm³/mol. The van der Waals surface area contributed by atoms with Gasteiger partial charge in [-0.25, -0.2) is 23.5 Å². The highest BCUT2D eigenvalue weighted by Crippen LogP contribution is 2.26. The monoisotopic (exact) mass is 479 g/mol. The van der Waals surface area contributed by atoms with Crippen LogP contribution in [0.1, 0.15) is 11.3 Å². The number of benzene rings is 1. The summed E-state index contributed by atoms with van der Waals surface area (Å²) in [5.41, 5.74) is 1.83. The molecule has 1 aromatic carbocycles. The van der Waals surface area contributed by atoms with Crippen LogP contribution in [0.5, 0.6) is 0 Å². The van der Waals surface area contributed by atoms with Crippen molar-refractivity contribution < 1.29 is 26.3 Å². The van der Waals surface area contributed by atoms with Crippen molar-refractivity contribution >= 4 is 32.6 Å². The van der Waals surface area contributed by atoms with Crippen LogP contribution >= 0.6 is 0 Å². The first-order valence-electron chi connectivity index (χ1n) is 9.51. The van der Waals surface area contributed by atoms with E-state index in [1.165, 1.54) is 25.3 Å². The number of primary sulfonamides is 1. The predicted octanol–water partition coefficient (Wildman–Crippen LogP) is 2.86. The third-order valence-electron chi connectivity index (χ3n) is 4.29. The number of methoxy groups -OCH3 is 1. The molecule has 4 N–H and O–H groups in total. The van der Waals surface area contributed by atoms with E-state index in [-0.39, 0.29) is 29.3 Å². The molecule has 0 atom stereocenters. The maximum absolute atomic E-state index is 12.8. The maximum atomic E-state index is 12.8. The van der Waals surface area contributed by atoms with Crippen LogP contribution in [0, 0.1) is 11.8 Å². The van der Waals surface area contributed by atoms with Crippen LogP contribution in [0.2, 0.25) is 0 Å². The number of pyridine rings is 2. The van der Waals surface area contributed by atoms with Crippen molar-refractivity contribution in [2.24, 2.45) is 5.14 Å². The number of hydrogen-bond donors (Lipinski definition) is 3. The topological polar surface area (TPSA) is 119 Å². The summed E-state index contributed by atoms with van der Waals surface area (Å²) >= 11 is 0. The largest absolute Gasteiger partial charge is 0.405 e. The molecule has 0 radical (unpaired) electrons. The highest BCUT2D eigenvalue weighted by molar-refractivity contribution is 7.89. The Morgan fingerprint density at radius 1 is 1.09 bits per heavy atom. The van der Waals surface area contributed by atoms with Gasteiger partial charge in [0.2, 0.25) is 10.0 Å². The average Bonchev–Trinajstić information content (AvgIpc) is 2.75. The summed E-state index contributed by atoms with van der Waals surface area (Å²) in [6.07, 6.45) is -4.43. The third kappa shape index (κ3) is 7.04. The SMILES string of the molecule is COCC#Cc1ccc2nc(NCc3ccc(S(N)(=O)=O)cc3)cc(NCC(F)(F)F)c2n1. The van der Waals surface area contributed by atoms with Gasteiger partial charge in [0.05, 0.1) is 16.1 Å². The van der Waals surface area contributed by atoms with Crippen molar-refractivity contribution in [3.8, 4) is 11.8 Å². The second-order valence-corrected chi connectivity index (χ2v) is 8.43. The zero-order valence-corrected chi connectivity index (χ0v) is 18.2. The minimum atomic E-state index is -4.43. The summed E-state index contributed by atoms with van der Waals surface area (Å²) < 4.78 is 66.0. The van der Waals surface area contributed by atoms with E-state index in [2.05, 4.69) is 32.4 Å². The summed E-state index contributed by atoms with van der Waals surface area (Å²) in [5, 5.41) is 10.5. The van der Waals surface area contributed by atoms with Crippen LogP contribution in [-0.2, 0) is 21.3 Å². The molecule has 2 aromatic heterocycles. The molecule has 33 heavy (non-hydrogen) atoms. The van der Waals surface area contributed by atoms with Gasteiger partial charge in [0.15, 0.2) is 0 Å². The summed E-state index contributed by atoms with van der Waals surface area (Å²) in [6, 6.07) is 10.5. The standard InChI is InChI=1S/C21H20F3N5O3S/c1-32-10-2-3-15-6-9-17-20(28-15)18(27-13-21(22,23)24)11-19(29-17)26-12-14-4-7-16(8-5-14)33(25,30)31/h4-9,11H,10,12-13H2,1H3,(H2,25,30,31)(H2,26,27,29). The smallest absolute Gasteiger partial charge is 0.375 e. The first-order valence-corrected chi connectivity index (χ1v) is 11.1. The second kappa shape index (κ2) is 10.0. The minimum Gasteiger partial charge on any atom is -0.375 e. The van der Waals surface area contributed by atoms with Crippen LogP contribution < -0.4 is 15.8 Å². The second-order valence-electron chi connectivity index (χ2n) is 6.87. The first-order chi connectivity index (χ1) is 15.5. The number of rotatable bonds is 7. The summed E-state index contributed by atoms with van der Waals surface area (Å²) in [7, 11) is -2.31.